The zero-order valence-corrected chi connectivity index (χ0v) is 11.9. The maximum absolute atomic E-state index is 13.6. The van der Waals surface area contributed by atoms with Gasteiger partial charge in [-0.25, -0.2) is 4.39 Å². The summed E-state index contributed by atoms with van der Waals surface area (Å²) in [5.74, 6) is -0.245. The fourth-order valence-electron chi connectivity index (χ4n) is 1.63. The Morgan fingerprint density at radius 1 is 1.26 bits per heavy atom. The number of benzene rings is 2. The molecule has 2 aromatic rings. The van der Waals surface area contributed by atoms with Crippen molar-refractivity contribution in [1.82, 2.24) is 0 Å². The van der Waals surface area contributed by atoms with Gasteiger partial charge in [0.25, 0.3) is 0 Å². The van der Waals surface area contributed by atoms with E-state index in [1.54, 1.807) is 42.5 Å². The van der Waals surface area contributed by atoms with E-state index in [4.69, 9.17) is 5.26 Å². The molecule has 0 atom stereocenters. The molecular formula is C15H9FINO. The van der Waals surface area contributed by atoms with E-state index in [1.165, 1.54) is 6.07 Å². The first-order chi connectivity index (χ1) is 9.11. The predicted octanol–water partition coefficient (Wildman–Crippen LogP) is 4.20. The second-order valence-corrected chi connectivity index (χ2v) is 5.02. The Bertz CT molecular complexity index is 689. The fourth-order valence-corrected chi connectivity index (χ4v) is 2.17. The predicted molar refractivity (Wildman–Crippen MR) is 80.7 cm³/mol. The highest BCUT2D eigenvalue weighted by molar-refractivity contribution is 14.1. The van der Waals surface area contributed by atoms with E-state index in [0.29, 0.717) is 3.57 Å². The van der Waals surface area contributed by atoms with Crippen LogP contribution in [0.25, 0.3) is 11.6 Å². The number of aromatic hydroxyl groups is 1. The first-order valence-electron chi connectivity index (χ1n) is 5.47. The largest absolute Gasteiger partial charge is 0.507 e. The van der Waals surface area contributed by atoms with Crippen LogP contribution in [0, 0.1) is 20.7 Å². The summed E-state index contributed by atoms with van der Waals surface area (Å²) in [5.41, 5.74) is 1.26. The van der Waals surface area contributed by atoms with Gasteiger partial charge < -0.3 is 5.11 Å². The molecule has 0 fully saturated rings. The number of nitrogens with zero attached hydrogens (tertiary/aromatic N) is 1. The molecule has 0 aliphatic rings. The van der Waals surface area contributed by atoms with Gasteiger partial charge in [-0.2, -0.15) is 5.26 Å². The van der Waals surface area contributed by atoms with Crippen molar-refractivity contribution < 1.29 is 9.50 Å². The molecule has 0 saturated heterocycles. The van der Waals surface area contributed by atoms with Crippen LogP contribution in [0.5, 0.6) is 5.75 Å². The van der Waals surface area contributed by atoms with Gasteiger partial charge in [0.2, 0.25) is 0 Å². The summed E-state index contributed by atoms with van der Waals surface area (Å²) in [5, 5.41) is 18.6. The minimum Gasteiger partial charge on any atom is -0.507 e. The van der Waals surface area contributed by atoms with E-state index in [-0.39, 0.29) is 16.9 Å². The third-order valence-electron chi connectivity index (χ3n) is 2.57. The van der Waals surface area contributed by atoms with Crippen molar-refractivity contribution in [2.75, 3.05) is 0 Å². The Morgan fingerprint density at radius 3 is 2.63 bits per heavy atom. The minimum absolute atomic E-state index is 0.183. The lowest BCUT2D eigenvalue weighted by Crippen LogP contribution is -1.87. The summed E-state index contributed by atoms with van der Waals surface area (Å²) >= 11 is 1.99. The molecule has 0 saturated carbocycles. The van der Waals surface area contributed by atoms with Gasteiger partial charge in [0.05, 0.1) is 15.2 Å². The van der Waals surface area contributed by atoms with Crippen molar-refractivity contribution in [3.8, 4) is 11.8 Å². The zero-order valence-electron chi connectivity index (χ0n) is 9.77. The van der Waals surface area contributed by atoms with Gasteiger partial charge in [0.1, 0.15) is 11.6 Å². The van der Waals surface area contributed by atoms with Crippen LogP contribution < -0.4 is 0 Å². The Balaban J connectivity index is 2.48. The molecule has 0 aliphatic heterocycles. The lowest BCUT2D eigenvalue weighted by atomic mass is 10.0. The standard InChI is InChI=1S/C15H9FINO/c16-13-4-2-1-3-12(13)11(9-18)7-10-5-6-15(19)14(17)8-10/h1-8,19H. The van der Waals surface area contributed by atoms with Gasteiger partial charge in [0, 0.05) is 5.56 Å². The highest BCUT2D eigenvalue weighted by Gasteiger charge is 2.07. The summed E-state index contributed by atoms with van der Waals surface area (Å²) in [6.45, 7) is 0. The average molecular weight is 365 g/mol. The quantitative estimate of drug-likeness (QED) is 0.493. The van der Waals surface area contributed by atoms with E-state index in [1.807, 2.05) is 28.7 Å². The van der Waals surface area contributed by atoms with Gasteiger partial charge in [-0.05, 0) is 52.4 Å². The molecule has 4 heteroatoms. The number of halogens is 2. The van der Waals surface area contributed by atoms with Crippen LogP contribution in [0.1, 0.15) is 11.1 Å². The van der Waals surface area contributed by atoms with Crippen LogP contribution in [-0.2, 0) is 0 Å². The molecule has 0 aromatic heterocycles. The molecule has 0 spiro atoms. The number of allylic oxidation sites excluding steroid dienone is 1. The number of phenols is 1. The second kappa shape index (κ2) is 5.85. The van der Waals surface area contributed by atoms with Gasteiger partial charge in [-0.3, -0.25) is 0 Å². The number of rotatable bonds is 2. The molecule has 19 heavy (non-hydrogen) atoms. The van der Waals surface area contributed by atoms with Gasteiger partial charge in [-0.15, -0.1) is 0 Å². The topological polar surface area (TPSA) is 44.0 Å². The van der Waals surface area contributed by atoms with Crippen molar-refractivity contribution in [2.45, 2.75) is 0 Å². The van der Waals surface area contributed by atoms with Crippen LogP contribution in [0.15, 0.2) is 42.5 Å². The van der Waals surface area contributed by atoms with Gasteiger partial charge in [0.15, 0.2) is 0 Å². The first-order valence-corrected chi connectivity index (χ1v) is 6.55. The number of phenolic OH excluding ortho intramolecular Hbond substituents is 1. The third kappa shape index (κ3) is 3.12. The van der Waals surface area contributed by atoms with Crippen molar-refractivity contribution in [2.24, 2.45) is 0 Å². The van der Waals surface area contributed by atoms with Crippen LogP contribution in [0.3, 0.4) is 0 Å². The van der Waals surface area contributed by atoms with E-state index in [2.05, 4.69) is 0 Å². The average Bonchev–Trinajstić information content (AvgIpc) is 2.41. The molecule has 0 radical (unpaired) electrons. The SMILES string of the molecule is N#CC(=Cc1ccc(O)c(I)c1)c1ccccc1F. The van der Waals surface area contributed by atoms with Crippen LogP contribution in [0.2, 0.25) is 0 Å². The summed E-state index contributed by atoms with van der Waals surface area (Å²) < 4.78 is 14.3. The molecule has 94 valence electrons. The summed E-state index contributed by atoms with van der Waals surface area (Å²) in [7, 11) is 0. The Labute approximate surface area is 124 Å². The summed E-state index contributed by atoms with van der Waals surface area (Å²) in [6.07, 6.45) is 1.60. The highest BCUT2D eigenvalue weighted by atomic mass is 127. The monoisotopic (exact) mass is 365 g/mol. The molecule has 2 aromatic carbocycles. The van der Waals surface area contributed by atoms with E-state index in [0.717, 1.165) is 5.56 Å². The van der Waals surface area contributed by atoms with E-state index < -0.39 is 5.82 Å². The normalized spacial score (nSPS) is 11.1. The number of nitriles is 1. The lowest BCUT2D eigenvalue weighted by molar-refractivity contribution is 0.471. The molecule has 2 rings (SSSR count). The molecule has 0 bridgehead atoms. The Kier molecular flexibility index (Phi) is 4.17. The van der Waals surface area contributed by atoms with Crippen LogP contribution >= 0.6 is 22.6 Å². The van der Waals surface area contributed by atoms with Crippen molar-refractivity contribution in [3.05, 3.63) is 63.0 Å². The molecular weight excluding hydrogens is 356 g/mol. The molecule has 0 amide bonds. The molecule has 1 N–H and O–H groups in total. The first kappa shape index (κ1) is 13.6. The van der Waals surface area contributed by atoms with E-state index >= 15 is 0 Å². The Morgan fingerprint density at radius 2 is 2.00 bits per heavy atom. The number of hydrogen-bond donors (Lipinski definition) is 1. The van der Waals surface area contributed by atoms with Crippen LogP contribution in [-0.4, -0.2) is 5.11 Å². The van der Waals surface area contributed by atoms with Crippen LogP contribution in [0.4, 0.5) is 4.39 Å². The molecule has 0 heterocycles. The third-order valence-corrected chi connectivity index (χ3v) is 3.43. The van der Waals surface area contributed by atoms with E-state index in [9.17, 15) is 9.50 Å². The highest BCUT2D eigenvalue weighted by Crippen LogP contribution is 2.24. The van der Waals surface area contributed by atoms with Crippen molar-refractivity contribution in [3.63, 3.8) is 0 Å². The Hall–Kier alpha value is -1.87. The van der Waals surface area contributed by atoms with Gasteiger partial charge in [-0.1, -0.05) is 24.3 Å². The summed E-state index contributed by atoms with van der Waals surface area (Å²) in [6, 6.07) is 13.1. The maximum atomic E-state index is 13.6. The molecule has 0 unspecified atom stereocenters. The summed E-state index contributed by atoms with van der Waals surface area (Å²) in [4.78, 5) is 0. The van der Waals surface area contributed by atoms with Crippen molar-refractivity contribution in [1.29, 1.82) is 5.26 Å². The van der Waals surface area contributed by atoms with Gasteiger partial charge >= 0.3 is 0 Å². The minimum atomic E-state index is -0.427. The number of hydrogen-bond acceptors (Lipinski definition) is 2. The zero-order chi connectivity index (χ0) is 13.8. The van der Waals surface area contributed by atoms with Crippen molar-refractivity contribution >= 4 is 34.2 Å². The molecule has 0 aliphatic carbocycles. The molecule has 2 nitrogen and oxygen atoms in total. The smallest absolute Gasteiger partial charge is 0.131 e. The lowest BCUT2D eigenvalue weighted by Gasteiger charge is -2.02. The maximum Gasteiger partial charge on any atom is 0.131 e. The fraction of sp³-hybridized carbons (Fsp3) is 0. The second-order valence-electron chi connectivity index (χ2n) is 3.86.